The number of carbonyl (C=O) groups is 13. The van der Waals surface area contributed by atoms with Gasteiger partial charge in [0.05, 0.1) is 89.0 Å². The molecule has 0 radical (unpaired) electrons. The lowest BCUT2D eigenvalue weighted by atomic mass is 9.79. The molecule has 2 aliphatic carbocycles. The summed E-state index contributed by atoms with van der Waals surface area (Å²) in [4.78, 5) is 187. The largest absolute Gasteiger partial charge is 0.431 e. The van der Waals surface area contributed by atoms with E-state index in [0.717, 1.165) is 15.5 Å². The Morgan fingerprint density at radius 2 is 1.32 bits per heavy atom. The summed E-state index contributed by atoms with van der Waals surface area (Å²) in [6.45, 7) is 20.0. The molecule has 2 unspecified atom stereocenters. The first-order valence-electron chi connectivity index (χ1n) is 41.8. The van der Waals surface area contributed by atoms with Gasteiger partial charge in [-0.25, -0.2) is 14.6 Å². The summed E-state index contributed by atoms with van der Waals surface area (Å²) in [6, 6.07) is 10.2. The number of primary amides is 1. The summed E-state index contributed by atoms with van der Waals surface area (Å²) >= 11 is 1.46. The van der Waals surface area contributed by atoms with E-state index in [4.69, 9.17) is 34.2 Å². The fourth-order valence-electron chi connectivity index (χ4n) is 15.4. The highest BCUT2D eigenvalue weighted by Gasteiger charge is 2.46. The Bertz CT molecular complexity index is 3770. The number of Topliss-reactive ketones (excluding diaryl/α,β-unsaturated/α-hetero) is 2. The molecule has 3 aromatic rings. The standard InChI is InChI=1S/C86H130N12O20S/c1-14-56(8)75(71(103)52-70(102)62-22-18-23-63(62)76(113-13)57(9)78(105)93-67(82-89-36-49-119-82)50-58-20-16-15-17-21-58)96(11)83(109)73(54(4)5)94-81(108)74(55(6)7)97(12)86(112)118-77(84(110)98-39-37-95(10)38-40-98)59-25-27-60(28-26-59)91-80(107)66(24-19-34-90-85(87)111)92-79(106)65(53(2)3)51-61(99)33-41-114-43-45-116-47-48-117-46-44-115-42-35-88-72(104)32-29-64-68(100)30-31-69(64)101/h15-17,20-21,25-28,30-31,36,49,53-57,62-67,71,73-77,103H,14,18-19,22-24,29,32-35,37-48,50-52H2,1-13H3,(H,88,104)(H,91,107)(H,92,106)(H,93,105)(H,94,108)(H3,87,90,111)/t56-,57+,62?,63+,65-,66-,67-,71+,73-,74-,75-,76+,77?/m0/s1. The molecule has 2 fully saturated rings. The minimum absolute atomic E-state index is 0.0105. The van der Waals surface area contributed by atoms with Crippen LogP contribution in [0.15, 0.2) is 78.3 Å². The summed E-state index contributed by atoms with van der Waals surface area (Å²) in [6.07, 6.45) is 2.62. The molecule has 3 aliphatic rings. The quantitative estimate of drug-likeness (QED) is 0.0226. The molecule has 1 saturated carbocycles. The highest BCUT2D eigenvalue weighted by molar-refractivity contribution is 7.09. The van der Waals surface area contributed by atoms with Gasteiger partial charge in [0, 0.05) is 121 Å². The van der Waals surface area contributed by atoms with Crippen molar-refractivity contribution in [2.75, 3.05) is 126 Å². The number of likely N-dealkylation sites (N-methyl/N-ethyl adjacent to an activating group) is 3. The van der Waals surface area contributed by atoms with E-state index in [0.29, 0.717) is 64.9 Å². The van der Waals surface area contributed by atoms with Crippen molar-refractivity contribution in [1.82, 2.24) is 51.2 Å². The number of nitrogens with one attached hydrogen (secondary N) is 6. The Kier molecular flexibility index (Phi) is 42.3. The van der Waals surface area contributed by atoms with E-state index in [-0.39, 0.29) is 168 Å². The lowest BCUT2D eigenvalue weighted by molar-refractivity contribution is -0.145. The molecular weight excluding hydrogens is 1550 g/mol. The number of nitrogens with two attached hydrogens (primary N) is 1. The molecule has 32 nitrogen and oxygen atoms in total. The van der Waals surface area contributed by atoms with Crippen LogP contribution in [0, 0.1) is 53.3 Å². The van der Waals surface area contributed by atoms with Crippen molar-refractivity contribution in [3.63, 3.8) is 0 Å². The molecule has 1 saturated heterocycles. The number of urea groups is 1. The van der Waals surface area contributed by atoms with Crippen LogP contribution in [0.3, 0.4) is 0 Å². The maximum Gasteiger partial charge on any atom is 0.411 e. The van der Waals surface area contributed by atoms with Gasteiger partial charge in [-0.2, -0.15) is 0 Å². The van der Waals surface area contributed by atoms with Crippen LogP contribution in [0.2, 0.25) is 0 Å². The van der Waals surface area contributed by atoms with Crippen LogP contribution in [-0.4, -0.2) is 263 Å². The molecule has 0 spiro atoms. The molecule has 1 aliphatic heterocycles. The van der Waals surface area contributed by atoms with Gasteiger partial charge in [-0.05, 0) is 105 Å². The second-order valence-electron chi connectivity index (χ2n) is 32.3. The third-order valence-corrected chi connectivity index (χ3v) is 23.4. The van der Waals surface area contributed by atoms with Gasteiger partial charge >= 0.3 is 12.1 Å². The van der Waals surface area contributed by atoms with Gasteiger partial charge in [0.25, 0.3) is 5.91 Å². The zero-order chi connectivity index (χ0) is 87.4. The third kappa shape index (κ3) is 31.5. The summed E-state index contributed by atoms with van der Waals surface area (Å²) in [7, 11) is 6.38. The lowest BCUT2D eigenvalue weighted by Crippen LogP contribution is -2.60. The number of benzene rings is 2. The topological polar surface area (TPSA) is 422 Å². The van der Waals surface area contributed by atoms with Crippen LogP contribution in [0.1, 0.15) is 161 Å². The lowest BCUT2D eigenvalue weighted by Gasteiger charge is -2.39. The number of aliphatic hydroxyl groups excluding tert-OH is 1. The van der Waals surface area contributed by atoms with E-state index in [1.165, 1.54) is 59.7 Å². The summed E-state index contributed by atoms with van der Waals surface area (Å²) in [5.41, 5.74) is 6.81. The van der Waals surface area contributed by atoms with Crippen LogP contribution < -0.4 is 37.6 Å². The summed E-state index contributed by atoms with van der Waals surface area (Å²) < 4.78 is 34.4. The Hall–Kier alpha value is -8.96. The molecule has 10 amide bonds. The highest BCUT2D eigenvalue weighted by atomic mass is 32.1. The second-order valence-corrected chi connectivity index (χ2v) is 33.2. The third-order valence-electron chi connectivity index (χ3n) is 22.5. The van der Waals surface area contributed by atoms with Crippen molar-refractivity contribution in [2.45, 2.75) is 188 Å². The molecule has 119 heavy (non-hydrogen) atoms. The number of methoxy groups -OCH3 is 1. The number of carbonyl (C=O) groups excluding carboxylic acids is 13. The Morgan fingerprint density at radius 1 is 0.689 bits per heavy atom. The maximum atomic E-state index is 15.0. The monoisotopic (exact) mass is 1680 g/mol. The predicted molar refractivity (Wildman–Crippen MR) is 447 cm³/mol. The minimum Gasteiger partial charge on any atom is -0.431 e. The number of thiazole rings is 1. The van der Waals surface area contributed by atoms with Crippen LogP contribution >= 0.6 is 11.3 Å². The normalized spacial score (nSPS) is 17.9. The van der Waals surface area contributed by atoms with Crippen molar-refractivity contribution >= 4 is 93.6 Å². The number of nitrogens with zero attached hydrogens (tertiary/aromatic N) is 5. The minimum atomic E-state index is -1.56. The fraction of sp³-hybridized carbons (Fsp3) is 0.651. The first kappa shape index (κ1) is 98.9. The first-order chi connectivity index (χ1) is 56.8. The van der Waals surface area contributed by atoms with Gasteiger partial charge in [0.1, 0.15) is 34.7 Å². The van der Waals surface area contributed by atoms with E-state index >= 15 is 4.79 Å². The summed E-state index contributed by atoms with van der Waals surface area (Å²) in [5, 5.41) is 31.9. The Balaban J connectivity index is 1.03. The molecule has 33 heteroatoms. The highest BCUT2D eigenvalue weighted by Crippen LogP contribution is 2.40. The van der Waals surface area contributed by atoms with Crippen molar-refractivity contribution in [3.8, 4) is 0 Å². The van der Waals surface area contributed by atoms with E-state index in [1.807, 2.05) is 61.5 Å². The molecule has 0 bridgehead atoms. The molecular formula is C86H130N12O20S. The van der Waals surface area contributed by atoms with Gasteiger partial charge in [-0.1, -0.05) is 118 Å². The van der Waals surface area contributed by atoms with E-state index < -0.39 is 126 Å². The summed E-state index contributed by atoms with van der Waals surface area (Å²) in [5.74, 6) is -9.38. The number of allylic oxidation sites excluding steroid dienone is 2. The first-order valence-corrected chi connectivity index (χ1v) is 42.7. The van der Waals surface area contributed by atoms with Crippen LogP contribution in [0.25, 0.3) is 0 Å². The molecule has 2 heterocycles. The fourth-order valence-corrected chi connectivity index (χ4v) is 16.1. The molecule has 660 valence electrons. The number of hydrogen-bond donors (Lipinski definition) is 8. The number of hydrogen-bond acceptors (Lipinski definition) is 23. The predicted octanol–water partition coefficient (Wildman–Crippen LogP) is 6.33. The number of ether oxygens (including phenoxy) is 6. The van der Waals surface area contributed by atoms with Crippen molar-refractivity contribution in [1.29, 1.82) is 0 Å². The number of aromatic nitrogens is 1. The zero-order valence-electron chi connectivity index (χ0n) is 71.6. The van der Waals surface area contributed by atoms with E-state index in [1.54, 1.807) is 73.7 Å². The second kappa shape index (κ2) is 51.0. The number of rotatable bonds is 53. The van der Waals surface area contributed by atoms with Crippen molar-refractivity contribution in [3.05, 3.63) is 94.5 Å². The number of piperazine rings is 1. The molecule has 2 aromatic carbocycles. The smallest absolute Gasteiger partial charge is 0.411 e. The van der Waals surface area contributed by atoms with Crippen LogP contribution in [0.4, 0.5) is 15.3 Å². The Morgan fingerprint density at radius 3 is 1.90 bits per heavy atom. The van der Waals surface area contributed by atoms with E-state index in [2.05, 4.69) is 36.9 Å². The number of amides is 10. The van der Waals surface area contributed by atoms with Crippen molar-refractivity contribution < 1.29 is 95.9 Å². The average molecular weight is 1680 g/mol. The van der Waals surface area contributed by atoms with Gasteiger partial charge < -0.3 is 85.9 Å². The molecule has 6 rings (SSSR count). The van der Waals surface area contributed by atoms with Gasteiger partial charge in [-0.15, -0.1) is 11.3 Å². The van der Waals surface area contributed by atoms with E-state index in [9.17, 15) is 62.6 Å². The number of anilines is 1. The number of ketones is 4. The van der Waals surface area contributed by atoms with Gasteiger partial charge in [0.15, 0.2) is 11.6 Å². The number of aliphatic hydroxyl groups is 1. The SMILES string of the molecule is CC[C@H](C)[C@@H]([C@H](O)CC(=O)C1CCC[C@H]1[C@H](OC)[C@@H](C)C(=O)N[C@@H](Cc1ccccc1)c1nccs1)N(C)C(=O)[C@@H](NC(=O)[C@H](C(C)C)N(C)C(=O)OC(C(=O)N1CCN(C)CC1)c1ccc(NC(=O)[C@H](CCCNC(N)=O)NC(=O)[C@@H](CC(=O)CCOCCOCCOCCOCCNC(=O)CCC2C(=O)C=CC2=O)C(C)C)cc1)C(C)C. The van der Waals surface area contributed by atoms with Gasteiger partial charge in [0.2, 0.25) is 41.5 Å². The molecule has 13 atom stereocenters. The average Bonchev–Trinajstić information content (AvgIpc) is 1.80. The van der Waals surface area contributed by atoms with Crippen LogP contribution in [-0.2, 0) is 87.6 Å². The molecule has 9 N–H and O–H groups in total. The van der Waals surface area contributed by atoms with Gasteiger partial charge in [-0.3, -0.25) is 57.6 Å². The maximum absolute atomic E-state index is 15.0. The van der Waals surface area contributed by atoms with Crippen molar-refractivity contribution in [2.24, 2.45) is 59.0 Å². The molecule has 1 aromatic heterocycles. The zero-order valence-corrected chi connectivity index (χ0v) is 72.4. The van der Waals surface area contributed by atoms with Crippen LogP contribution in [0.5, 0.6) is 0 Å². The Labute approximate surface area is 704 Å².